The van der Waals surface area contributed by atoms with Crippen LogP contribution in [0.25, 0.3) is 0 Å². The number of nitrogens with zero attached hydrogens (tertiary/aromatic N) is 1. The maximum absolute atomic E-state index is 9.81. The lowest BCUT2D eigenvalue weighted by molar-refractivity contribution is 0.0981. The van der Waals surface area contributed by atoms with Crippen molar-refractivity contribution >= 4 is 0 Å². The van der Waals surface area contributed by atoms with Crippen LogP contribution in [-0.2, 0) is 9.47 Å². The van der Waals surface area contributed by atoms with Crippen molar-refractivity contribution in [1.82, 2.24) is 10.2 Å². The Labute approximate surface area is 130 Å². The van der Waals surface area contributed by atoms with Crippen LogP contribution in [0.3, 0.4) is 0 Å². The van der Waals surface area contributed by atoms with E-state index < -0.39 is 0 Å². The Balaban J connectivity index is 2.53. The Morgan fingerprint density at radius 2 is 2.00 bits per heavy atom. The number of rotatable bonds is 12. The summed E-state index contributed by atoms with van der Waals surface area (Å²) in [6.45, 7) is 6.94. The number of methoxy groups -OCH3 is 2. The standard InChI is InChI=1S/C16H34N2O3/c1-4-8-17-16(14-19)7-6-15(13-16)18(10-12-21-3)9-5-11-20-2/h15,17,19H,4-14H2,1-3H3. The van der Waals surface area contributed by atoms with Crippen LogP contribution in [0.15, 0.2) is 0 Å². The molecule has 126 valence electrons. The maximum atomic E-state index is 9.81. The molecule has 2 atom stereocenters. The van der Waals surface area contributed by atoms with Crippen LogP contribution >= 0.6 is 0 Å². The third kappa shape index (κ3) is 6.20. The molecule has 21 heavy (non-hydrogen) atoms. The average molecular weight is 302 g/mol. The molecule has 0 aliphatic heterocycles. The van der Waals surface area contributed by atoms with Gasteiger partial charge in [0.1, 0.15) is 0 Å². The van der Waals surface area contributed by atoms with E-state index in [1.165, 1.54) is 0 Å². The molecule has 1 rings (SSSR count). The van der Waals surface area contributed by atoms with Gasteiger partial charge < -0.3 is 19.9 Å². The first-order valence-electron chi connectivity index (χ1n) is 8.29. The summed E-state index contributed by atoms with van der Waals surface area (Å²) >= 11 is 0. The lowest BCUT2D eigenvalue weighted by atomic mass is 9.98. The van der Waals surface area contributed by atoms with Gasteiger partial charge in [0.25, 0.3) is 0 Å². The highest BCUT2D eigenvalue weighted by molar-refractivity contribution is 4.99. The molecule has 2 N–H and O–H groups in total. The Morgan fingerprint density at radius 1 is 1.24 bits per heavy atom. The highest BCUT2D eigenvalue weighted by atomic mass is 16.5. The van der Waals surface area contributed by atoms with Crippen molar-refractivity contribution in [2.24, 2.45) is 0 Å². The molecule has 1 aliphatic carbocycles. The van der Waals surface area contributed by atoms with Crippen molar-refractivity contribution < 1.29 is 14.6 Å². The summed E-state index contributed by atoms with van der Waals surface area (Å²) in [5, 5.41) is 13.4. The lowest BCUT2D eigenvalue weighted by Gasteiger charge is -2.32. The van der Waals surface area contributed by atoms with Crippen LogP contribution in [0, 0.1) is 0 Å². The van der Waals surface area contributed by atoms with E-state index in [0.29, 0.717) is 6.04 Å². The zero-order valence-corrected chi connectivity index (χ0v) is 14.1. The zero-order valence-electron chi connectivity index (χ0n) is 14.1. The van der Waals surface area contributed by atoms with Gasteiger partial charge in [-0.05, 0) is 38.6 Å². The first kappa shape index (κ1) is 18.8. The third-order valence-electron chi connectivity index (χ3n) is 4.53. The van der Waals surface area contributed by atoms with Gasteiger partial charge >= 0.3 is 0 Å². The summed E-state index contributed by atoms with van der Waals surface area (Å²) in [5.74, 6) is 0. The fraction of sp³-hybridized carbons (Fsp3) is 1.00. The zero-order chi connectivity index (χ0) is 15.6. The number of hydrogen-bond acceptors (Lipinski definition) is 5. The van der Waals surface area contributed by atoms with Crippen molar-refractivity contribution in [2.75, 3.05) is 53.7 Å². The second-order valence-corrected chi connectivity index (χ2v) is 6.14. The Hall–Kier alpha value is -0.200. The highest BCUT2D eigenvalue weighted by Gasteiger charge is 2.40. The second kappa shape index (κ2) is 10.5. The molecule has 0 aromatic heterocycles. The molecular formula is C16H34N2O3. The molecule has 0 amide bonds. The van der Waals surface area contributed by atoms with E-state index in [2.05, 4.69) is 17.1 Å². The van der Waals surface area contributed by atoms with Gasteiger partial charge in [-0.1, -0.05) is 6.92 Å². The van der Waals surface area contributed by atoms with Gasteiger partial charge in [0.15, 0.2) is 0 Å². The molecular weight excluding hydrogens is 268 g/mol. The second-order valence-electron chi connectivity index (χ2n) is 6.14. The van der Waals surface area contributed by atoms with Crippen LogP contribution in [0.1, 0.15) is 39.0 Å². The lowest BCUT2D eigenvalue weighted by Crippen LogP contribution is -2.48. The fourth-order valence-electron chi connectivity index (χ4n) is 3.26. The van der Waals surface area contributed by atoms with Crippen molar-refractivity contribution in [3.63, 3.8) is 0 Å². The summed E-state index contributed by atoms with van der Waals surface area (Å²) in [5.41, 5.74) is -0.0761. The summed E-state index contributed by atoms with van der Waals surface area (Å²) in [7, 11) is 3.50. The predicted octanol–water partition coefficient (Wildman–Crippen LogP) is 1.25. The van der Waals surface area contributed by atoms with E-state index >= 15 is 0 Å². The Morgan fingerprint density at radius 3 is 2.62 bits per heavy atom. The molecule has 0 heterocycles. The molecule has 1 fully saturated rings. The molecule has 0 radical (unpaired) electrons. The van der Waals surface area contributed by atoms with Gasteiger partial charge in [0, 0.05) is 45.5 Å². The fourth-order valence-corrected chi connectivity index (χ4v) is 3.26. The van der Waals surface area contributed by atoms with Crippen molar-refractivity contribution in [3.05, 3.63) is 0 Å². The van der Waals surface area contributed by atoms with Gasteiger partial charge in [-0.2, -0.15) is 0 Å². The third-order valence-corrected chi connectivity index (χ3v) is 4.53. The summed E-state index contributed by atoms with van der Waals surface area (Å²) in [6, 6.07) is 0.536. The van der Waals surface area contributed by atoms with E-state index in [1.807, 2.05) is 0 Å². The molecule has 0 spiro atoms. The minimum Gasteiger partial charge on any atom is -0.394 e. The molecule has 5 heteroatoms. The van der Waals surface area contributed by atoms with Crippen molar-refractivity contribution in [1.29, 1.82) is 0 Å². The first-order valence-corrected chi connectivity index (χ1v) is 8.29. The molecule has 1 aliphatic rings. The van der Waals surface area contributed by atoms with Gasteiger partial charge in [-0.3, -0.25) is 4.90 Å². The van der Waals surface area contributed by atoms with E-state index in [4.69, 9.17) is 9.47 Å². The molecule has 2 unspecified atom stereocenters. The Bertz CT molecular complexity index is 266. The minimum atomic E-state index is -0.0761. The Kier molecular flexibility index (Phi) is 9.44. The van der Waals surface area contributed by atoms with Crippen molar-refractivity contribution in [2.45, 2.75) is 50.6 Å². The van der Waals surface area contributed by atoms with Gasteiger partial charge in [0.05, 0.1) is 13.2 Å². The number of nitrogens with one attached hydrogen (secondary N) is 1. The summed E-state index contributed by atoms with van der Waals surface area (Å²) in [6.07, 6.45) is 5.38. The number of aliphatic hydroxyl groups excluding tert-OH is 1. The first-order chi connectivity index (χ1) is 10.2. The smallest absolute Gasteiger partial charge is 0.0613 e. The molecule has 0 saturated heterocycles. The SMILES string of the molecule is CCCNC1(CO)CCC(N(CCCOC)CCOC)C1. The molecule has 5 nitrogen and oxygen atoms in total. The predicted molar refractivity (Wildman–Crippen MR) is 85.7 cm³/mol. The van der Waals surface area contributed by atoms with E-state index in [-0.39, 0.29) is 12.1 Å². The average Bonchev–Trinajstić information content (AvgIpc) is 2.94. The largest absolute Gasteiger partial charge is 0.394 e. The van der Waals surface area contributed by atoms with Crippen LogP contribution in [0.5, 0.6) is 0 Å². The monoisotopic (exact) mass is 302 g/mol. The summed E-state index contributed by atoms with van der Waals surface area (Å²) < 4.78 is 10.4. The number of aliphatic hydroxyl groups is 1. The molecule has 0 aromatic carbocycles. The quantitative estimate of drug-likeness (QED) is 0.532. The number of hydrogen-bond donors (Lipinski definition) is 2. The topological polar surface area (TPSA) is 54.0 Å². The van der Waals surface area contributed by atoms with Crippen LogP contribution in [-0.4, -0.2) is 75.3 Å². The van der Waals surface area contributed by atoms with Gasteiger partial charge in [0.2, 0.25) is 0 Å². The van der Waals surface area contributed by atoms with Gasteiger partial charge in [-0.15, -0.1) is 0 Å². The molecule has 0 bridgehead atoms. The normalized spacial score (nSPS) is 25.9. The van der Waals surface area contributed by atoms with E-state index in [9.17, 15) is 5.11 Å². The summed E-state index contributed by atoms with van der Waals surface area (Å²) in [4.78, 5) is 2.51. The van der Waals surface area contributed by atoms with Crippen LogP contribution in [0.4, 0.5) is 0 Å². The van der Waals surface area contributed by atoms with E-state index in [1.54, 1.807) is 14.2 Å². The van der Waals surface area contributed by atoms with Crippen LogP contribution < -0.4 is 5.32 Å². The highest BCUT2D eigenvalue weighted by Crippen LogP contribution is 2.33. The number of ether oxygens (including phenoxy) is 2. The molecule has 0 aromatic rings. The van der Waals surface area contributed by atoms with Gasteiger partial charge in [-0.25, -0.2) is 0 Å². The molecule has 1 saturated carbocycles. The minimum absolute atomic E-state index is 0.0761. The van der Waals surface area contributed by atoms with E-state index in [0.717, 1.165) is 65.0 Å². The van der Waals surface area contributed by atoms with Crippen molar-refractivity contribution in [3.8, 4) is 0 Å². The maximum Gasteiger partial charge on any atom is 0.0613 e. The van der Waals surface area contributed by atoms with Crippen LogP contribution in [0.2, 0.25) is 0 Å².